The lowest BCUT2D eigenvalue weighted by molar-refractivity contribution is 0.0929. The molecule has 2 aromatic rings. The maximum Gasteiger partial charge on any atom is 0.271 e. The number of carbonyl (C=O) groups excluding carboxylic acids is 1. The SMILES string of the molecule is O=C(NC1CCSc2ccc(Cl)cc21)c1cnc(Cl)cn1. The molecule has 21 heavy (non-hydrogen) atoms. The fourth-order valence-electron chi connectivity index (χ4n) is 2.18. The van der Waals surface area contributed by atoms with Crippen molar-refractivity contribution >= 4 is 40.9 Å². The predicted molar refractivity (Wildman–Crippen MR) is 84.0 cm³/mol. The van der Waals surface area contributed by atoms with Gasteiger partial charge < -0.3 is 5.32 Å². The highest BCUT2D eigenvalue weighted by Gasteiger charge is 2.23. The van der Waals surface area contributed by atoms with Gasteiger partial charge in [-0.1, -0.05) is 23.2 Å². The normalized spacial score (nSPS) is 17.1. The minimum Gasteiger partial charge on any atom is -0.344 e. The van der Waals surface area contributed by atoms with Crippen molar-refractivity contribution in [2.45, 2.75) is 17.4 Å². The second kappa shape index (κ2) is 6.22. The van der Waals surface area contributed by atoms with Crippen LogP contribution in [0.15, 0.2) is 35.5 Å². The van der Waals surface area contributed by atoms with Crippen LogP contribution in [0.5, 0.6) is 0 Å². The molecule has 4 nitrogen and oxygen atoms in total. The van der Waals surface area contributed by atoms with Gasteiger partial charge in [-0.2, -0.15) is 0 Å². The largest absolute Gasteiger partial charge is 0.344 e. The lowest BCUT2D eigenvalue weighted by Gasteiger charge is -2.26. The average Bonchev–Trinajstić information content (AvgIpc) is 2.48. The highest BCUT2D eigenvalue weighted by molar-refractivity contribution is 7.99. The summed E-state index contributed by atoms with van der Waals surface area (Å²) in [4.78, 5) is 21.2. The molecule has 0 radical (unpaired) electrons. The van der Waals surface area contributed by atoms with Crippen molar-refractivity contribution in [3.8, 4) is 0 Å². The number of halogens is 2. The number of fused-ring (bicyclic) bond motifs is 1. The molecule has 0 aliphatic carbocycles. The van der Waals surface area contributed by atoms with Crippen LogP contribution in [-0.4, -0.2) is 21.6 Å². The summed E-state index contributed by atoms with van der Waals surface area (Å²) in [5.74, 6) is 0.688. The number of hydrogen-bond acceptors (Lipinski definition) is 4. The van der Waals surface area contributed by atoms with E-state index in [0.29, 0.717) is 5.02 Å². The Morgan fingerprint density at radius 3 is 2.90 bits per heavy atom. The summed E-state index contributed by atoms with van der Waals surface area (Å²) >= 11 is 13.5. The summed E-state index contributed by atoms with van der Waals surface area (Å²) in [5.41, 5.74) is 1.30. The molecular weight excluding hydrogens is 329 g/mol. The van der Waals surface area contributed by atoms with Crippen LogP contribution < -0.4 is 5.32 Å². The smallest absolute Gasteiger partial charge is 0.271 e. The molecular formula is C14H11Cl2N3OS. The predicted octanol–water partition coefficient (Wildman–Crippen LogP) is 3.75. The third kappa shape index (κ3) is 3.31. The molecule has 0 fully saturated rings. The number of carbonyl (C=O) groups is 1. The highest BCUT2D eigenvalue weighted by Crippen LogP contribution is 2.37. The van der Waals surface area contributed by atoms with Gasteiger partial charge in [0.25, 0.3) is 5.91 Å². The van der Waals surface area contributed by atoms with E-state index in [1.54, 1.807) is 11.8 Å². The summed E-state index contributed by atoms with van der Waals surface area (Å²) in [6.07, 6.45) is 3.58. The Bertz CT molecular complexity index is 678. The molecule has 0 saturated carbocycles. The standard InChI is InChI=1S/C14H11Cl2N3OS/c15-8-1-2-12-9(5-8)10(3-4-21-12)19-14(20)11-6-18-13(16)7-17-11/h1-2,5-7,10H,3-4H2,(H,19,20). The summed E-state index contributed by atoms with van der Waals surface area (Å²) in [6.45, 7) is 0. The lowest BCUT2D eigenvalue weighted by Crippen LogP contribution is -2.31. The number of aromatic nitrogens is 2. The number of thioether (sulfide) groups is 1. The van der Waals surface area contributed by atoms with Gasteiger partial charge in [0.05, 0.1) is 18.4 Å². The van der Waals surface area contributed by atoms with Crippen molar-refractivity contribution in [2.75, 3.05) is 5.75 Å². The minimum atomic E-state index is -0.262. The number of nitrogens with one attached hydrogen (secondary N) is 1. The van der Waals surface area contributed by atoms with E-state index in [-0.39, 0.29) is 22.8 Å². The van der Waals surface area contributed by atoms with Gasteiger partial charge in [0, 0.05) is 15.7 Å². The van der Waals surface area contributed by atoms with Crippen LogP contribution in [0.2, 0.25) is 10.2 Å². The Labute approximate surface area is 136 Å². The van der Waals surface area contributed by atoms with E-state index >= 15 is 0 Å². The lowest BCUT2D eigenvalue weighted by atomic mass is 10.0. The van der Waals surface area contributed by atoms with E-state index < -0.39 is 0 Å². The molecule has 7 heteroatoms. The number of amides is 1. The molecule has 0 spiro atoms. The zero-order valence-corrected chi connectivity index (χ0v) is 13.2. The zero-order chi connectivity index (χ0) is 14.8. The second-order valence-corrected chi connectivity index (χ2v) is 6.53. The molecule has 1 atom stereocenters. The van der Waals surface area contributed by atoms with E-state index in [2.05, 4.69) is 15.3 Å². The van der Waals surface area contributed by atoms with Crippen LogP contribution in [-0.2, 0) is 0 Å². The Morgan fingerprint density at radius 1 is 1.29 bits per heavy atom. The van der Waals surface area contributed by atoms with Gasteiger partial charge in [-0.05, 0) is 30.2 Å². The van der Waals surface area contributed by atoms with Gasteiger partial charge in [-0.3, -0.25) is 4.79 Å². The van der Waals surface area contributed by atoms with Crippen LogP contribution in [0.1, 0.15) is 28.5 Å². The first-order valence-corrected chi connectivity index (χ1v) is 8.08. The van der Waals surface area contributed by atoms with Crippen molar-refractivity contribution in [1.82, 2.24) is 15.3 Å². The third-order valence-electron chi connectivity index (χ3n) is 3.17. The number of hydrogen-bond donors (Lipinski definition) is 1. The van der Waals surface area contributed by atoms with Crippen LogP contribution in [0.25, 0.3) is 0 Å². The van der Waals surface area contributed by atoms with Gasteiger partial charge in [0.1, 0.15) is 10.8 Å². The van der Waals surface area contributed by atoms with E-state index in [1.807, 2.05) is 18.2 Å². The van der Waals surface area contributed by atoms with E-state index in [0.717, 1.165) is 22.6 Å². The van der Waals surface area contributed by atoms with Gasteiger partial charge in [0.15, 0.2) is 0 Å². The van der Waals surface area contributed by atoms with E-state index in [9.17, 15) is 4.79 Å². The molecule has 1 aromatic carbocycles. The first kappa shape index (κ1) is 14.6. The Hall–Kier alpha value is -1.30. The van der Waals surface area contributed by atoms with Crippen molar-refractivity contribution in [2.24, 2.45) is 0 Å². The fourth-order valence-corrected chi connectivity index (χ4v) is 3.56. The molecule has 1 aromatic heterocycles. The molecule has 108 valence electrons. The topological polar surface area (TPSA) is 54.9 Å². The van der Waals surface area contributed by atoms with Crippen LogP contribution >= 0.6 is 35.0 Å². The van der Waals surface area contributed by atoms with E-state index in [1.165, 1.54) is 12.4 Å². The van der Waals surface area contributed by atoms with Gasteiger partial charge >= 0.3 is 0 Å². The first-order valence-electron chi connectivity index (χ1n) is 6.34. The summed E-state index contributed by atoms with van der Waals surface area (Å²) in [5, 5.41) is 3.91. The van der Waals surface area contributed by atoms with Gasteiger partial charge in [-0.15, -0.1) is 11.8 Å². The maximum absolute atomic E-state index is 12.2. The molecule has 2 heterocycles. The van der Waals surface area contributed by atoms with Gasteiger partial charge in [-0.25, -0.2) is 9.97 Å². The van der Waals surface area contributed by atoms with Crippen LogP contribution in [0.4, 0.5) is 0 Å². The van der Waals surface area contributed by atoms with Crippen LogP contribution in [0, 0.1) is 0 Å². The van der Waals surface area contributed by atoms with Crippen LogP contribution in [0.3, 0.4) is 0 Å². The molecule has 1 amide bonds. The van der Waals surface area contributed by atoms with Crippen molar-refractivity contribution < 1.29 is 4.79 Å². The fraction of sp³-hybridized carbons (Fsp3) is 0.214. The zero-order valence-electron chi connectivity index (χ0n) is 10.8. The molecule has 3 rings (SSSR count). The molecule has 1 unspecified atom stereocenters. The number of benzene rings is 1. The number of nitrogens with zero attached hydrogens (tertiary/aromatic N) is 2. The quantitative estimate of drug-likeness (QED) is 0.905. The molecule has 1 aliphatic heterocycles. The van der Waals surface area contributed by atoms with E-state index in [4.69, 9.17) is 23.2 Å². The average molecular weight is 340 g/mol. The third-order valence-corrected chi connectivity index (χ3v) is 4.72. The molecule has 1 aliphatic rings. The highest BCUT2D eigenvalue weighted by atomic mass is 35.5. The van der Waals surface area contributed by atoms with Crippen molar-refractivity contribution in [3.63, 3.8) is 0 Å². The second-order valence-electron chi connectivity index (χ2n) is 4.57. The summed E-state index contributed by atoms with van der Waals surface area (Å²) < 4.78 is 0. The summed E-state index contributed by atoms with van der Waals surface area (Å²) in [6, 6.07) is 5.69. The van der Waals surface area contributed by atoms with Gasteiger partial charge in [0.2, 0.25) is 0 Å². The molecule has 1 N–H and O–H groups in total. The molecule has 0 bridgehead atoms. The monoisotopic (exact) mass is 339 g/mol. The van der Waals surface area contributed by atoms with Crippen molar-refractivity contribution in [3.05, 3.63) is 52.0 Å². The Morgan fingerprint density at radius 2 is 2.14 bits per heavy atom. The molecule has 0 saturated heterocycles. The number of rotatable bonds is 2. The van der Waals surface area contributed by atoms with Crippen molar-refractivity contribution in [1.29, 1.82) is 0 Å². The Kier molecular flexibility index (Phi) is 4.33. The summed E-state index contributed by atoms with van der Waals surface area (Å²) in [7, 11) is 0. The minimum absolute atomic E-state index is 0.0649. The first-order chi connectivity index (χ1) is 10.1. The Balaban J connectivity index is 1.81. The maximum atomic E-state index is 12.2.